The van der Waals surface area contributed by atoms with Gasteiger partial charge in [-0.3, -0.25) is 9.88 Å². The molecule has 240 valence electrons. The van der Waals surface area contributed by atoms with Crippen LogP contribution in [0.15, 0.2) is 53.1 Å². The third kappa shape index (κ3) is 8.83. The summed E-state index contributed by atoms with van der Waals surface area (Å²) in [6.45, 7) is 4.09. The number of ether oxygens (including phenoxy) is 1. The number of rotatable bonds is 4. The van der Waals surface area contributed by atoms with Crippen LogP contribution in [0.1, 0.15) is 16.3 Å². The molecule has 2 aliphatic rings. The SMILES string of the molecule is Cc1ncsc1CN1CC2Oc3ncccc3S(=O)(=O)N(Cc3ccccn3)C2C1.O=C(O)C(F)(F)F.O=C(O)C(F)(F)F. The molecule has 2 atom stereocenters. The number of hydrogen-bond donors (Lipinski definition) is 2. The van der Waals surface area contributed by atoms with Crippen LogP contribution >= 0.6 is 11.3 Å². The summed E-state index contributed by atoms with van der Waals surface area (Å²) in [5.74, 6) is -5.34. The molecule has 2 unspecified atom stereocenters. The lowest BCUT2D eigenvalue weighted by atomic mass is 10.2. The van der Waals surface area contributed by atoms with E-state index in [0.717, 1.165) is 12.2 Å². The summed E-state index contributed by atoms with van der Waals surface area (Å²) in [4.78, 5) is 34.2. The number of aromatic nitrogens is 3. The van der Waals surface area contributed by atoms with Gasteiger partial charge < -0.3 is 14.9 Å². The molecule has 0 bridgehead atoms. The predicted octanol–water partition coefficient (Wildman–Crippen LogP) is 3.34. The standard InChI is InChI=1S/C20H21N5O3S2.2C2HF3O2/c1-14-18(29-13-23-14)12-24-10-16-17(11-24)28-20-19(6-4-8-22-20)30(26,27)25(16)9-15-5-2-3-7-21-15;2*3-2(4,5)1(6)7/h2-8,13,16-17H,9-12H2,1H3;2*(H,6,7). The van der Waals surface area contributed by atoms with Crippen molar-refractivity contribution in [2.75, 3.05) is 13.1 Å². The van der Waals surface area contributed by atoms with Crippen LogP contribution in [0.2, 0.25) is 0 Å². The molecule has 3 aromatic heterocycles. The second-order valence-electron chi connectivity index (χ2n) is 9.06. The molecule has 44 heavy (non-hydrogen) atoms. The minimum Gasteiger partial charge on any atom is -0.475 e. The zero-order valence-corrected chi connectivity index (χ0v) is 24.0. The highest BCUT2D eigenvalue weighted by Gasteiger charge is 2.47. The topological polar surface area (TPSA) is 163 Å². The normalized spacial score (nSPS) is 19.5. The number of carboxylic acid groups (broad SMARTS) is 2. The van der Waals surface area contributed by atoms with Crippen LogP contribution in [0.3, 0.4) is 0 Å². The van der Waals surface area contributed by atoms with Crippen molar-refractivity contribution in [1.29, 1.82) is 0 Å². The Kier molecular flexibility index (Phi) is 10.9. The van der Waals surface area contributed by atoms with Gasteiger partial charge in [0.1, 0.15) is 11.0 Å². The molecule has 2 aliphatic heterocycles. The molecule has 2 N–H and O–H groups in total. The van der Waals surface area contributed by atoms with Crippen LogP contribution in [0.5, 0.6) is 5.88 Å². The summed E-state index contributed by atoms with van der Waals surface area (Å²) in [6, 6.07) is 8.37. The van der Waals surface area contributed by atoms with Gasteiger partial charge >= 0.3 is 24.3 Å². The number of carbonyl (C=O) groups is 2. The zero-order valence-electron chi connectivity index (χ0n) is 22.4. The van der Waals surface area contributed by atoms with Crippen LogP contribution in [0.4, 0.5) is 26.3 Å². The van der Waals surface area contributed by atoms with E-state index in [1.165, 1.54) is 9.18 Å². The van der Waals surface area contributed by atoms with Gasteiger partial charge in [0.05, 0.1) is 29.5 Å². The predicted molar refractivity (Wildman–Crippen MR) is 139 cm³/mol. The number of nitrogens with zero attached hydrogens (tertiary/aromatic N) is 5. The molecule has 1 saturated heterocycles. The van der Waals surface area contributed by atoms with E-state index in [-0.39, 0.29) is 29.5 Å². The third-order valence-electron chi connectivity index (χ3n) is 6.01. The number of alkyl halides is 6. The van der Waals surface area contributed by atoms with E-state index in [4.69, 9.17) is 24.5 Å². The van der Waals surface area contributed by atoms with Gasteiger partial charge in [-0.15, -0.1) is 11.3 Å². The lowest BCUT2D eigenvalue weighted by molar-refractivity contribution is -0.193. The average Bonchev–Trinajstić information content (AvgIpc) is 3.50. The number of thiazole rings is 1. The number of sulfonamides is 1. The van der Waals surface area contributed by atoms with Crippen LogP contribution in [-0.2, 0) is 32.7 Å². The Labute approximate surface area is 249 Å². The highest BCUT2D eigenvalue weighted by atomic mass is 32.2. The Hall–Kier alpha value is -3.88. The van der Waals surface area contributed by atoms with Crippen LogP contribution in [0, 0.1) is 6.92 Å². The summed E-state index contributed by atoms with van der Waals surface area (Å²) in [5, 5.41) is 14.2. The molecule has 3 aromatic rings. The monoisotopic (exact) mass is 671 g/mol. The number of fused-ring (bicyclic) bond motifs is 2. The van der Waals surface area contributed by atoms with E-state index in [1.807, 2.05) is 30.6 Å². The summed E-state index contributed by atoms with van der Waals surface area (Å²) in [7, 11) is -3.80. The summed E-state index contributed by atoms with van der Waals surface area (Å²) < 4.78 is 98.4. The second-order valence-corrected chi connectivity index (χ2v) is 11.9. The molecule has 0 aliphatic carbocycles. The molecule has 0 radical (unpaired) electrons. The van der Waals surface area contributed by atoms with Gasteiger partial charge in [0.25, 0.3) is 0 Å². The van der Waals surface area contributed by atoms with E-state index >= 15 is 0 Å². The number of halogens is 6. The number of hydrogen-bond acceptors (Lipinski definition) is 10. The van der Waals surface area contributed by atoms with Crippen molar-refractivity contribution in [1.82, 2.24) is 24.2 Å². The largest absolute Gasteiger partial charge is 0.490 e. The first-order valence-electron chi connectivity index (χ1n) is 12.2. The number of aliphatic carboxylic acids is 2. The number of carboxylic acids is 2. The summed E-state index contributed by atoms with van der Waals surface area (Å²) in [6.07, 6.45) is -7.24. The molecule has 20 heteroatoms. The van der Waals surface area contributed by atoms with E-state index < -0.39 is 34.3 Å². The maximum Gasteiger partial charge on any atom is 0.490 e. The summed E-state index contributed by atoms with van der Waals surface area (Å²) >= 11 is 1.62. The van der Waals surface area contributed by atoms with Crippen LogP contribution in [0.25, 0.3) is 0 Å². The number of likely N-dealkylation sites (tertiary alicyclic amines) is 1. The lowest BCUT2D eigenvalue weighted by Crippen LogP contribution is -2.46. The van der Waals surface area contributed by atoms with Crippen molar-refractivity contribution >= 4 is 33.3 Å². The Morgan fingerprint density at radius 1 is 0.955 bits per heavy atom. The molecule has 12 nitrogen and oxygen atoms in total. The molecule has 5 heterocycles. The van der Waals surface area contributed by atoms with Gasteiger partial charge in [0.15, 0.2) is 0 Å². The second kappa shape index (κ2) is 13.8. The van der Waals surface area contributed by atoms with Gasteiger partial charge in [-0.2, -0.15) is 30.6 Å². The average molecular weight is 672 g/mol. The van der Waals surface area contributed by atoms with Crippen molar-refractivity contribution in [3.63, 3.8) is 0 Å². The fraction of sp³-hybridized carbons (Fsp3) is 0.375. The Morgan fingerprint density at radius 2 is 1.57 bits per heavy atom. The zero-order chi connectivity index (χ0) is 32.9. The van der Waals surface area contributed by atoms with Gasteiger partial charge in [-0.25, -0.2) is 28.0 Å². The Balaban J connectivity index is 0.000000317. The first kappa shape index (κ1) is 34.6. The fourth-order valence-corrected chi connectivity index (χ4v) is 6.50. The van der Waals surface area contributed by atoms with E-state index in [1.54, 1.807) is 35.9 Å². The lowest BCUT2D eigenvalue weighted by Gasteiger charge is -2.27. The minimum absolute atomic E-state index is 0.111. The molecular formula is C24H23F6N5O7S2. The molecule has 0 aromatic carbocycles. The van der Waals surface area contributed by atoms with E-state index in [0.29, 0.717) is 18.8 Å². The molecule has 1 fully saturated rings. The van der Waals surface area contributed by atoms with Crippen molar-refractivity contribution in [2.24, 2.45) is 0 Å². The molecule has 0 amide bonds. The Morgan fingerprint density at radius 3 is 2.09 bits per heavy atom. The summed E-state index contributed by atoms with van der Waals surface area (Å²) in [5.41, 5.74) is 3.55. The van der Waals surface area contributed by atoms with Gasteiger partial charge in [-0.05, 0) is 31.2 Å². The van der Waals surface area contributed by atoms with Crippen LogP contribution < -0.4 is 4.74 Å². The molecule has 0 saturated carbocycles. The highest BCUT2D eigenvalue weighted by molar-refractivity contribution is 7.89. The van der Waals surface area contributed by atoms with Crippen molar-refractivity contribution < 1.29 is 59.3 Å². The van der Waals surface area contributed by atoms with Gasteiger partial charge in [0.2, 0.25) is 15.9 Å². The quantitative estimate of drug-likeness (QED) is 0.391. The van der Waals surface area contributed by atoms with Crippen molar-refractivity contribution in [3.8, 4) is 5.88 Å². The fourth-order valence-electron chi connectivity index (χ4n) is 4.00. The minimum atomic E-state index is -5.08. The molecule has 5 rings (SSSR count). The van der Waals surface area contributed by atoms with E-state index in [9.17, 15) is 34.8 Å². The third-order valence-corrected chi connectivity index (χ3v) is 8.81. The van der Waals surface area contributed by atoms with Crippen molar-refractivity contribution in [2.45, 2.75) is 49.4 Å². The highest BCUT2D eigenvalue weighted by Crippen LogP contribution is 2.36. The first-order valence-corrected chi connectivity index (χ1v) is 14.5. The number of aryl methyl sites for hydroxylation is 1. The molecular weight excluding hydrogens is 648 g/mol. The van der Waals surface area contributed by atoms with Crippen LogP contribution in [-0.4, -0.2) is 92.3 Å². The van der Waals surface area contributed by atoms with E-state index in [2.05, 4.69) is 19.9 Å². The maximum absolute atomic E-state index is 13.6. The smallest absolute Gasteiger partial charge is 0.475 e. The first-order chi connectivity index (χ1) is 20.4. The maximum atomic E-state index is 13.6. The molecule has 0 spiro atoms. The number of pyridine rings is 2. The van der Waals surface area contributed by atoms with Gasteiger partial charge in [0, 0.05) is 36.9 Å². The van der Waals surface area contributed by atoms with Gasteiger partial charge in [-0.1, -0.05) is 6.07 Å². The van der Waals surface area contributed by atoms with Crippen molar-refractivity contribution in [3.05, 3.63) is 64.5 Å². The Bertz CT molecular complexity index is 1530.